The fourth-order valence-corrected chi connectivity index (χ4v) is 5.12. The lowest BCUT2D eigenvalue weighted by Gasteiger charge is -2.38. The van der Waals surface area contributed by atoms with Gasteiger partial charge in [-0.25, -0.2) is 29.7 Å². The van der Waals surface area contributed by atoms with Gasteiger partial charge in [0, 0.05) is 38.4 Å². The van der Waals surface area contributed by atoms with Crippen LogP contribution in [0.25, 0.3) is 22.1 Å². The van der Waals surface area contributed by atoms with Crippen molar-refractivity contribution in [1.29, 1.82) is 0 Å². The molecule has 0 aliphatic carbocycles. The first kappa shape index (κ1) is 24.5. The maximum Gasteiger partial charge on any atom is 0.407 e. The maximum atomic E-state index is 11.4. The molecule has 1 aliphatic rings. The summed E-state index contributed by atoms with van der Waals surface area (Å²) in [6, 6.07) is 12.7. The number of nitrogens with one attached hydrogen (secondary N) is 1. The van der Waals surface area contributed by atoms with Crippen LogP contribution in [-0.4, -0.2) is 71.3 Å². The van der Waals surface area contributed by atoms with Crippen molar-refractivity contribution in [2.24, 2.45) is 7.05 Å². The average Bonchev–Trinajstić information content (AvgIpc) is 3.30. The molecule has 1 atom stereocenters. The molecule has 3 aromatic heterocycles. The maximum absolute atomic E-state index is 11.4. The van der Waals surface area contributed by atoms with E-state index in [2.05, 4.69) is 62.5 Å². The number of aryl methyl sites for hydroxylation is 2. The van der Waals surface area contributed by atoms with Gasteiger partial charge >= 0.3 is 6.09 Å². The number of carbonyl (C=O) groups is 1. The van der Waals surface area contributed by atoms with Crippen LogP contribution in [0.15, 0.2) is 55.2 Å². The molecule has 11 nitrogen and oxygen atoms in total. The number of hydrogen-bond acceptors (Lipinski definition) is 8. The summed E-state index contributed by atoms with van der Waals surface area (Å²) < 4.78 is 2.02. The van der Waals surface area contributed by atoms with Crippen LogP contribution in [0.1, 0.15) is 23.6 Å². The van der Waals surface area contributed by atoms with Crippen LogP contribution in [-0.2, 0) is 13.5 Å². The van der Waals surface area contributed by atoms with Gasteiger partial charge in [-0.15, -0.1) is 0 Å². The van der Waals surface area contributed by atoms with Crippen LogP contribution in [0.2, 0.25) is 0 Å². The monoisotopic (exact) mass is 523 g/mol. The Labute approximate surface area is 225 Å². The predicted molar refractivity (Wildman–Crippen MR) is 150 cm³/mol. The Balaban J connectivity index is 1.23. The van der Waals surface area contributed by atoms with Gasteiger partial charge in [0.1, 0.15) is 17.4 Å². The summed E-state index contributed by atoms with van der Waals surface area (Å²) in [4.78, 5) is 37.4. The van der Waals surface area contributed by atoms with E-state index in [0.717, 1.165) is 23.1 Å². The molecule has 0 saturated carbocycles. The molecule has 198 valence electrons. The van der Waals surface area contributed by atoms with Crippen molar-refractivity contribution in [1.82, 2.24) is 34.4 Å². The minimum atomic E-state index is -0.906. The molecule has 1 saturated heterocycles. The number of imidazole rings is 1. The second-order valence-corrected chi connectivity index (χ2v) is 10.0. The standard InChI is InChI=1S/C28H29N9O2/c1-17-10-21(6-5-20(17)11-19-4-7-24-22(12-19)32-16-35(24)3)33-26-25-23(30-15-31-26)13-29-27(34-25)37-9-8-36(28(38)39)14-18(37)2/h4-7,10,12-13,15-16,18H,8-9,11,14H2,1-3H3,(H,38,39)(H,30,31,33)/t18-/m0/s1. The van der Waals surface area contributed by atoms with E-state index in [1.807, 2.05) is 35.8 Å². The topological polar surface area (TPSA) is 125 Å². The summed E-state index contributed by atoms with van der Waals surface area (Å²) >= 11 is 0. The zero-order chi connectivity index (χ0) is 27.1. The predicted octanol–water partition coefficient (Wildman–Crippen LogP) is 4.14. The van der Waals surface area contributed by atoms with E-state index in [-0.39, 0.29) is 6.04 Å². The van der Waals surface area contributed by atoms with Gasteiger partial charge in [0.2, 0.25) is 5.95 Å². The van der Waals surface area contributed by atoms with Crippen molar-refractivity contribution in [2.75, 3.05) is 29.9 Å². The Hall–Kier alpha value is -4.80. The Morgan fingerprint density at radius 3 is 2.74 bits per heavy atom. The van der Waals surface area contributed by atoms with Gasteiger partial charge < -0.3 is 24.8 Å². The first-order chi connectivity index (χ1) is 18.9. The smallest absolute Gasteiger partial charge is 0.407 e. The number of rotatable bonds is 5. The highest BCUT2D eigenvalue weighted by Crippen LogP contribution is 2.27. The van der Waals surface area contributed by atoms with Crippen molar-refractivity contribution in [3.8, 4) is 0 Å². The second kappa shape index (κ2) is 9.82. The molecule has 6 rings (SSSR count). The molecule has 2 aromatic carbocycles. The molecule has 39 heavy (non-hydrogen) atoms. The summed E-state index contributed by atoms with van der Waals surface area (Å²) in [7, 11) is 2.00. The van der Waals surface area contributed by atoms with E-state index in [4.69, 9.17) is 4.98 Å². The number of piperazine rings is 1. The highest BCUT2D eigenvalue weighted by Gasteiger charge is 2.28. The number of benzene rings is 2. The summed E-state index contributed by atoms with van der Waals surface area (Å²) in [6.45, 7) is 5.40. The number of nitrogens with zero attached hydrogens (tertiary/aromatic N) is 8. The number of fused-ring (bicyclic) bond motifs is 2. The lowest BCUT2D eigenvalue weighted by Crippen LogP contribution is -2.54. The number of aromatic nitrogens is 6. The molecule has 4 heterocycles. The van der Waals surface area contributed by atoms with Crippen molar-refractivity contribution in [2.45, 2.75) is 26.3 Å². The lowest BCUT2D eigenvalue weighted by atomic mass is 9.99. The van der Waals surface area contributed by atoms with Crippen LogP contribution >= 0.6 is 0 Å². The second-order valence-electron chi connectivity index (χ2n) is 10.0. The Morgan fingerprint density at radius 1 is 1.08 bits per heavy atom. The van der Waals surface area contributed by atoms with Crippen molar-refractivity contribution < 1.29 is 9.90 Å². The first-order valence-electron chi connectivity index (χ1n) is 12.8. The Morgan fingerprint density at radius 2 is 1.95 bits per heavy atom. The molecule has 1 amide bonds. The summed E-state index contributed by atoms with van der Waals surface area (Å²) in [5.74, 6) is 1.13. The number of amides is 1. The van der Waals surface area contributed by atoms with Gasteiger partial charge in [0.05, 0.1) is 23.6 Å². The fourth-order valence-electron chi connectivity index (χ4n) is 5.12. The third-order valence-electron chi connectivity index (χ3n) is 7.31. The molecule has 1 aliphatic heterocycles. The van der Waals surface area contributed by atoms with E-state index in [0.29, 0.717) is 42.4 Å². The molecule has 0 unspecified atom stereocenters. The van der Waals surface area contributed by atoms with Crippen LogP contribution in [0.4, 0.5) is 22.2 Å². The van der Waals surface area contributed by atoms with Crippen LogP contribution in [0.3, 0.4) is 0 Å². The van der Waals surface area contributed by atoms with Crippen LogP contribution < -0.4 is 10.2 Å². The van der Waals surface area contributed by atoms with Gasteiger partial charge in [0.25, 0.3) is 0 Å². The molecular weight excluding hydrogens is 494 g/mol. The zero-order valence-electron chi connectivity index (χ0n) is 22.0. The largest absolute Gasteiger partial charge is 0.465 e. The lowest BCUT2D eigenvalue weighted by molar-refractivity contribution is 0.136. The van der Waals surface area contributed by atoms with Gasteiger partial charge in [0.15, 0.2) is 5.82 Å². The molecule has 5 aromatic rings. The number of anilines is 3. The fraction of sp³-hybridized carbons (Fsp3) is 0.286. The number of hydrogen-bond donors (Lipinski definition) is 2. The van der Waals surface area contributed by atoms with Crippen molar-refractivity contribution in [3.05, 3.63) is 71.9 Å². The van der Waals surface area contributed by atoms with E-state index in [9.17, 15) is 9.90 Å². The molecule has 0 bridgehead atoms. The quantitative estimate of drug-likeness (QED) is 0.350. The highest BCUT2D eigenvalue weighted by atomic mass is 16.4. The molecule has 0 radical (unpaired) electrons. The Bertz CT molecular complexity index is 1700. The molecular formula is C28H29N9O2. The summed E-state index contributed by atoms with van der Waals surface area (Å²) in [5, 5.41) is 12.7. The average molecular weight is 524 g/mol. The number of carboxylic acid groups (broad SMARTS) is 1. The van der Waals surface area contributed by atoms with Gasteiger partial charge in [-0.05, 0) is 61.2 Å². The van der Waals surface area contributed by atoms with Gasteiger partial charge in [-0.3, -0.25) is 0 Å². The van der Waals surface area contributed by atoms with Gasteiger partial charge in [-0.1, -0.05) is 12.1 Å². The van der Waals surface area contributed by atoms with Crippen LogP contribution in [0.5, 0.6) is 0 Å². The Kier molecular flexibility index (Phi) is 6.18. The minimum absolute atomic E-state index is 0.0538. The summed E-state index contributed by atoms with van der Waals surface area (Å²) in [6.07, 6.45) is 4.94. The van der Waals surface area contributed by atoms with Crippen LogP contribution in [0, 0.1) is 6.92 Å². The van der Waals surface area contributed by atoms with E-state index >= 15 is 0 Å². The van der Waals surface area contributed by atoms with Crippen molar-refractivity contribution >= 4 is 45.6 Å². The SMILES string of the molecule is Cc1cc(Nc2ncnc3cnc(N4CCN(C(=O)O)C[C@@H]4C)nc23)ccc1Cc1ccc2c(c1)ncn2C. The molecule has 2 N–H and O–H groups in total. The third kappa shape index (κ3) is 4.78. The normalized spacial score (nSPS) is 15.7. The minimum Gasteiger partial charge on any atom is -0.465 e. The summed E-state index contributed by atoms with van der Waals surface area (Å²) in [5.41, 5.74) is 7.89. The molecule has 11 heteroatoms. The highest BCUT2D eigenvalue weighted by molar-refractivity contribution is 5.87. The van der Waals surface area contributed by atoms with E-state index in [1.165, 1.54) is 27.9 Å². The van der Waals surface area contributed by atoms with Crippen molar-refractivity contribution in [3.63, 3.8) is 0 Å². The zero-order valence-corrected chi connectivity index (χ0v) is 22.0. The van der Waals surface area contributed by atoms with E-state index < -0.39 is 6.09 Å². The van der Waals surface area contributed by atoms with E-state index in [1.54, 1.807) is 6.20 Å². The van der Waals surface area contributed by atoms with Gasteiger partial charge in [-0.2, -0.15) is 0 Å². The molecule has 0 spiro atoms. The third-order valence-corrected chi connectivity index (χ3v) is 7.31. The first-order valence-corrected chi connectivity index (χ1v) is 12.8. The molecule has 1 fully saturated rings.